The highest BCUT2D eigenvalue weighted by atomic mass is 16.5. The minimum atomic E-state index is 0.0569. The fourth-order valence-corrected chi connectivity index (χ4v) is 3.04. The predicted molar refractivity (Wildman–Crippen MR) is 85.9 cm³/mol. The van der Waals surface area contributed by atoms with Gasteiger partial charge in [0.15, 0.2) is 5.65 Å². The highest BCUT2D eigenvalue weighted by Crippen LogP contribution is 2.16. The molecule has 1 saturated heterocycles. The number of nitrogens with one attached hydrogen (secondary N) is 1. The summed E-state index contributed by atoms with van der Waals surface area (Å²) in [5, 5.41) is 3.05. The fourth-order valence-electron chi connectivity index (χ4n) is 3.04. The minimum Gasteiger partial charge on any atom is -0.383 e. The van der Waals surface area contributed by atoms with Gasteiger partial charge in [-0.1, -0.05) is 0 Å². The topological polar surface area (TPSA) is 71.8 Å². The van der Waals surface area contributed by atoms with Gasteiger partial charge in [-0.05, 0) is 19.4 Å². The van der Waals surface area contributed by atoms with E-state index in [1.165, 1.54) is 0 Å². The molecule has 1 aliphatic heterocycles. The SMILES string of the molecule is COCCN1CCC[C@@H](C(=O)NCc2cnc3cnccn23)C1. The number of imidazole rings is 1. The van der Waals surface area contributed by atoms with E-state index in [4.69, 9.17) is 4.74 Å². The van der Waals surface area contributed by atoms with Crippen molar-refractivity contribution in [3.63, 3.8) is 0 Å². The Balaban J connectivity index is 1.54. The maximum absolute atomic E-state index is 12.4. The number of ether oxygens (including phenoxy) is 1. The van der Waals surface area contributed by atoms with Gasteiger partial charge in [0.25, 0.3) is 0 Å². The van der Waals surface area contributed by atoms with Gasteiger partial charge in [-0.15, -0.1) is 0 Å². The number of methoxy groups -OCH3 is 1. The Kier molecular flexibility index (Phi) is 5.19. The van der Waals surface area contributed by atoms with Crippen LogP contribution in [0.1, 0.15) is 18.5 Å². The smallest absolute Gasteiger partial charge is 0.224 e. The zero-order chi connectivity index (χ0) is 16.1. The molecule has 0 aliphatic carbocycles. The minimum absolute atomic E-state index is 0.0569. The first kappa shape index (κ1) is 15.9. The van der Waals surface area contributed by atoms with Gasteiger partial charge >= 0.3 is 0 Å². The molecule has 0 bridgehead atoms. The number of fused-ring (bicyclic) bond motifs is 1. The van der Waals surface area contributed by atoms with Crippen LogP contribution in [-0.2, 0) is 16.1 Å². The summed E-state index contributed by atoms with van der Waals surface area (Å²) in [5.74, 6) is 0.178. The van der Waals surface area contributed by atoms with Crippen molar-refractivity contribution in [1.82, 2.24) is 24.6 Å². The molecule has 2 aromatic rings. The lowest BCUT2D eigenvalue weighted by atomic mass is 9.97. The van der Waals surface area contributed by atoms with E-state index in [0.717, 1.165) is 43.8 Å². The number of hydrogen-bond acceptors (Lipinski definition) is 5. The second-order valence-electron chi connectivity index (χ2n) is 5.90. The van der Waals surface area contributed by atoms with E-state index in [-0.39, 0.29) is 11.8 Å². The van der Waals surface area contributed by atoms with Gasteiger partial charge in [0, 0.05) is 32.6 Å². The van der Waals surface area contributed by atoms with Gasteiger partial charge in [0.1, 0.15) is 0 Å². The molecule has 0 radical (unpaired) electrons. The summed E-state index contributed by atoms with van der Waals surface area (Å²) in [6.07, 6.45) is 9.07. The van der Waals surface area contributed by atoms with Crippen LogP contribution in [0.25, 0.3) is 5.65 Å². The highest BCUT2D eigenvalue weighted by molar-refractivity contribution is 5.78. The molecular weight excluding hydrogens is 294 g/mol. The summed E-state index contributed by atoms with van der Waals surface area (Å²) < 4.78 is 7.06. The maximum Gasteiger partial charge on any atom is 0.224 e. The van der Waals surface area contributed by atoms with E-state index in [0.29, 0.717) is 13.2 Å². The summed E-state index contributed by atoms with van der Waals surface area (Å²) in [4.78, 5) is 23.1. The van der Waals surface area contributed by atoms with E-state index in [1.54, 1.807) is 25.7 Å². The molecule has 1 N–H and O–H groups in total. The molecule has 23 heavy (non-hydrogen) atoms. The number of nitrogens with zero attached hydrogens (tertiary/aromatic N) is 4. The van der Waals surface area contributed by atoms with Crippen LogP contribution in [0, 0.1) is 5.92 Å². The zero-order valence-electron chi connectivity index (χ0n) is 13.4. The molecule has 0 unspecified atom stereocenters. The van der Waals surface area contributed by atoms with Crippen molar-refractivity contribution in [1.29, 1.82) is 0 Å². The number of piperidine rings is 1. The van der Waals surface area contributed by atoms with E-state index in [1.807, 2.05) is 10.6 Å². The number of carbonyl (C=O) groups excluding carboxylic acids is 1. The Morgan fingerprint density at radius 3 is 3.26 bits per heavy atom. The summed E-state index contributed by atoms with van der Waals surface area (Å²) in [7, 11) is 1.71. The summed E-state index contributed by atoms with van der Waals surface area (Å²) in [6.45, 7) is 3.95. The van der Waals surface area contributed by atoms with Crippen LogP contribution in [0.2, 0.25) is 0 Å². The van der Waals surface area contributed by atoms with E-state index in [2.05, 4.69) is 20.2 Å². The monoisotopic (exact) mass is 317 g/mol. The molecule has 1 fully saturated rings. The number of likely N-dealkylation sites (tertiary alicyclic amines) is 1. The van der Waals surface area contributed by atoms with Gasteiger partial charge < -0.3 is 15.0 Å². The van der Waals surface area contributed by atoms with Gasteiger partial charge in [-0.2, -0.15) is 0 Å². The van der Waals surface area contributed by atoms with Crippen molar-refractivity contribution < 1.29 is 9.53 Å². The predicted octanol–water partition coefficient (Wildman–Crippen LogP) is 0.704. The molecular formula is C16H23N5O2. The molecule has 3 rings (SSSR count). The first-order valence-corrected chi connectivity index (χ1v) is 8.03. The quantitative estimate of drug-likeness (QED) is 0.849. The van der Waals surface area contributed by atoms with E-state index >= 15 is 0 Å². The average Bonchev–Trinajstić information content (AvgIpc) is 3.01. The van der Waals surface area contributed by atoms with Crippen molar-refractivity contribution in [3.05, 3.63) is 30.5 Å². The first-order valence-electron chi connectivity index (χ1n) is 8.03. The van der Waals surface area contributed by atoms with Crippen LogP contribution in [0.4, 0.5) is 0 Å². The number of hydrogen-bond donors (Lipinski definition) is 1. The molecule has 1 aliphatic rings. The van der Waals surface area contributed by atoms with Crippen LogP contribution in [0.3, 0.4) is 0 Å². The van der Waals surface area contributed by atoms with Crippen LogP contribution in [0.5, 0.6) is 0 Å². The van der Waals surface area contributed by atoms with Gasteiger partial charge in [0.2, 0.25) is 5.91 Å². The van der Waals surface area contributed by atoms with Crippen molar-refractivity contribution in [2.45, 2.75) is 19.4 Å². The zero-order valence-corrected chi connectivity index (χ0v) is 13.4. The molecule has 124 valence electrons. The lowest BCUT2D eigenvalue weighted by Gasteiger charge is -2.31. The molecule has 2 aromatic heterocycles. The van der Waals surface area contributed by atoms with Crippen molar-refractivity contribution in [2.75, 3.05) is 33.4 Å². The summed E-state index contributed by atoms with van der Waals surface area (Å²) >= 11 is 0. The third-order valence-corrected chi connectivity index (χ3v) is 4.33. The highest BCUT2D eigenvalue weighted by Gasteiger charge is 2.25. The largest absolute Gasteiger partial charge is 0.383 e. The van der Waals surface area contributed by atoms with Crippen LogP contribution < -0.4 is 5.32 Å². The van der Waals surface area contributed by atoms with E-state index in [9.17, 15) is 4.79 Å². The fraction of sp³-hybridized carbons (Fsp3) is 0.562. The second-order valence-corrected chi connectivity index (χ2v) is 5.90. The normalized spacial score (nSPS) is 19.1. The molecule has 0 spiro atoms. The van der Waals surface area contributed by atoms with Crippen LogP contribution >= 0.6 is 0 Å². The third kappa shape index (κ3) is 3.86. The molecule has 0 saturated carbocycles. The van der Waals surface area contributed by atoms with Gasteiger partial charge in [0.05, 0.1) is 37.2 Å². The molecule has 1 amide bonds. The third-order valence-electron chi connectivity index (χ3n) is 4.33. The number of amides is 1. The van der Waals surface area contributed by atoms with Crippen LogP contribution in [-0.4, -0.2) is 58.5 Å². The van der Waals surface area contributed by atoms with Gasteiger partial charge in [-0.25, -0.2) is 4.98 Å². The number of aromatic nitrogens is 3. The lowest BCUT2D eigenvalue weighted by Crippen LogP contribution is -2.43. The second kappa shape index (κ2) is 7.52. The number of rotatable bonds is 6. The van der Waals surface area contributed by atoms with Gasteiger partial charge in [-0.3, -0.25) is 14.2 Å². The van der Waals surface area contributed by atoms with Crippen molar-refractivity contribution >= 4 is 11.6 Å². The maximum atomic E-state index is 12.4. The summed E-state index contributed by atoms with van der Waals surface area (Å²) in [5.41, 5.74) is 1.75. The van der Waals surface area contributed by atoms with Crippen LogP contribution in [0.15, 0.2) is 24.8 Å². The Labute approximate surface area is 135 Å². The lowest BCUT2D eigenvalue weighted by molar-refractivity contribution is -0.127. The number of carbonyl (C=O) groups is 1. The summed E-state index contributed by atoms with van der Waals surface area (Å²) in [6, 6.07) is 0. The Morgan fingerprint density at radius 2 is 2.39 bits per heavy atom. The Bertz CT molecular complexity index is 657. The molecule has 1 atom stereocenters. The Hall–Kier alpha value is -1.99. The average molecular weight is 317 g/mol. The molecule has 3 heterocycles. The Morgan fingerprint density at radius 1 is 1.48 bits per heavy atom. The standard InChI is InChI=1S/C16H23N5O2/c1-23-8-7-20-5-2-3-13(12-20)16(22)19-10-14-9-18-15-11-17-4-6-21(14)15/h4,6,9,11,13H,2-3,5,7-8,10,12H2,1H3,(H,19,22)/t13-/m1/s1. The van der Waals surface area contributed by atoms with E-state index < -0.39 is 0 Å². The molecule has 7 nitrogen and oxygen atoms in total. The van der Waals surface area contributed by atoms with Crippen molar-refractivity contribution in [3.8, 4) is 0 Å². The molecule has 0 aromatic carbocycles. The molecule has 7 heteroatoms. The first-order chi connectivity index (χ1) is 11.3. The van der Waals surface area contributed by atoms with Crippen molar-refractivity contribution in [2.24, 2.45) is 5.92 Å².